The second kappa shape index (κ2) is 6.51. The average Bonchev–Trinajstić information content (AvgIpc) is 3.15. The molecule has 2 aromatic heterocycles. The van der Waals surface area contributed by atoms with Crippen LogP contribution in [0.2, 0.25) is 5.02 Å². The lowest BCUT2D eigenvalue weighted by Crippen LogP contribution is -2.24. The van der Waals surface area contributed by atoms with Crippen LogP contribution in [-0.2, 0) is 4.79 Å². The van der Waals surface area contributed by atoms with Gasteiger partial charge >= 0.3 is 0 Å². The zero-order chi connectivity index (χ0) is 15.5. The molecule has 2 heterocycles. The molecule has 0 aliphatic heterocycles. The fourth-order valence-corrected chi connectivity index (χ4v) is 3.37. The third-order valence-electron chi connectivity index (χ3n) is 2.78. The van der Waals surface area contributed by atoms with E-state index in [0.717, 1.165) is 22.3 Å². The number of thioether (sulfide) groups is 1. The molecular formula is C14H9ClN3O2S2-. The summed E-state index contributed by atoms with van der Waals surface area (Å²) >= 11 is 8.53. The number of carbonyl (C=O) groups excluding carboxylic acids is 1. The molecule has 0 saturated carbocycles. The molecule has 8 heteroatoms. The Bertz CT molecular complexity index is 785. The van der Waals surface area contributed by atoms with Crippen molar-refractivity contribution in [3.8, 4) is 16.4 Å². The van der Waals surface area contributed by atoms with Crippen LogP contribution in [0.5, 0.6) is 0 Å². The van der Waals surface area contributed by atoms with E-state index in [2.05, 4.69) is 10.2 Å². The number of carboxylic acids is 1. The van der Waals surface area contributed by atoms with Crippen molar-refractivity contribution in [2.24, 2.45) is 0 Å². The molecule has 1 aromatic carbocycles. The predicted molar refractivity (Wildman–Crippen MR) is 85.4 cm³/mol. The number of halogens is 1. The Hall–Kier alpha value is -1.83. The van der Waals surface area contributed by atoms with Gasteiger partial charge in [0, 0.05) is 16.5 Å². The number of carboxylic acid groups (broad SMARTS) is 1. The summed E-state index contributed by atoms with van der Waals surface area (Å²) in [6.45, 7) is 0. The number of nitrogens with zero attached hydrogens (tertiary/aromatic N) is 3. The SMILES string of the molecule is O=C([O-])CSc1nnc(-c2cccs2)n1-c1ccc(Cl)cc1. The maximum Gasteiger partial charge on any atom is 0.196 e. The second-order valence-corrected chi connectivity index (χ2v) is 6.58. The topological polar surface area (TPSA) is 70.8 Å². The molecule has 0 saturated heterocycles. The van der Waals surface area contributed by atoms with E-state index in [9.17, 15) is 9.90 Å². The zero-order valence-electron chi connectivity index (χ0n) is 11.1. The van der Waals surface area contributed by atoms with E-state index < -0.39 is 5.97 Å². The van der Waals surface area contributed by atoms with E-state index >= 15 is 0 Å². The van der Waals surface area contributed by atoms with Gasteiger partial charge in [0.15, 0.2) is 11.0 Å². The summed E-state index contributed by atoms with van der Waals surface area (Å²) in [7, 11) is 0. The first kappa shape index (κ1) is 15.1. The molecule has 22 heavy (non-hydrogen) atoms. The van der Waals surface area contributed by atoms with E-state index in [4.69, 9.17) is 11.6 Å². The average molecular weight is 351 g/mol. The van der Waals surface area contributed by atoms with E-state index in [1.54, 1.807) is 12.1 Å². The minimum absolute atomic E-state index is 0.184. The van der Waals surface area contributed by atoms with Crippen molar-refractivity contribution in [3.63, 3.8) is 0 Å². The fourth-order valence-electron chi connectivity index (χ4n) is 1.88. The van der Waals surface area contributed by atoms with Gasteiger partial charge in [0.05, 0.1) is 10.8 Å². The number of rotatable bonds is 5. The highest BCUT2D eigenvalue weighted by atomic mass is 35.5. The molecule has 0 N–H and O–H groups in total. The van der Waals surface area contributed by atoms with Crippen molar-refractivity contribution in [3.05, 3.63) is 46.8 Å². The molecule has 0 fully saturated rings. The van der Waals surface area contributed by atoms with Crippen LogP contribution in [0.3, 0.4) is 0 Å². The van der Waals surface area contributed by atoms with Crippen LogP contribution < -0.4 is 5.11 Å². The Morgan fingerprint density at radius 3 is 2.68 bits per heavy atom. The largest absolute Gasteiger partial charge is 0.549 e. The highest BCUT2D eigenvalue weighted by Crippen LogP contribution is 2.30. The lowest BCUT2D eigenvalue weighted by molar-refractivity contribution is -0.301. The van der Waals surface area contributed by atoms with Crippen molar-refractivity contribution in [2.75, 3.05) is 5.75 Å². The highest BCUT2D eigenvalue weighted by Gasteiger charge is 2.16. The number of thiophene rings is 1. The molecule has 0 bridgehead atoms. The van der Waals surface area contributed by atoms with E-state index in [1.807, 2.05) is 34.2 Å². The lowest BCUT2D eigenvalue weighted by Gasteiger charge is -2.09. The number of hydrogen-bond acceptors (Lipinski definition) is 6. The Balaban J connectivity index is 2.08. The van der Waals surface area contributed by atoms with Crippen LogP contribution in [0.1, 0.15) is 0 Å². The summed E-state index contributed by atoms with van der Waals surface area (Å²) in [4.78, 5) is 11.6. The molecule has 5 nitrogen and oxygen atoms in total. The molecule has 0 atom stereocenters. The zero-order valence-corrected chi connectivity index (χ0v) is 13.5. The van der Waals surface area contributed by atoms with E-state index in [1.165, 1.54) is 11.3 Å². The van der Waals surface area contributed by atoms with Gasteiger partial charge in [-0.1, -0.05) is 29.4 Å². The van der Waals surface area contributed by atoms with Gasteiger partial charge in [-0.3, -0.25) is 4.57 Å². The van der Waals surface area contributed by atoms with Crippen LogP contribution in [0.25, 0.3) is 16.4 Å². The minimum Gasteiger partial charge on any atom is -0.549 e. The summed E-state index contributed by atoms with van der Waals surface area (Å²) in [6, 6.07) is 11.1. The summed E-state index contributed by atoms with van der Waals surface area (Å²) in [5, 5.41) is 22.1. The molecule has 3 aromatic rings. The fraction of sp³-hybridized carbons (Fsp3) is 0.0714. The smallest absolute Gasteiger partial charge is 0.196 e. The molecule has 0 unspecified atom stereocenters. The van der Waals surface area contributed by atoms with Crippen molar-refractivity contribution in [1.82, 2.24) is 14.8 Å². The molecule has 3 rings (SSSR count). The molecule has 112 valence electrons. The van der Waals surface area contributed by atoms with Crippen molar-refractivity contribution in [2.45, 2.75) is 5.16 Å². The predicted octanol–water partition coefficient (Wildman–Crippen LogP) is 2.49. The van der Waals surface area contributed by atoms with Gasteiger partial charge in [0.25, 0.3) is 0 Å². The van der Waals surface area contributed by atoms with Gasteiger partial charge in [-0.2, -0.15) is 0 Å². The molecule has 0 radical (unpaired) electrons. The molecule has 0 amide bonds. The molecule has 0 aliphatic carbocycles. The number of aliphatic carboxylic acids is 1. The van der Waals surface area contributed by atoms with Crippen LogP contribution >= 0.6 is 34.7 Å². The van der Waals surface area contributed by atoms with Crippen LogP contribution in [-0.4, -0.2) is 26.5 Å². The Morgan fingerprint density at radius 1 is 1.27 bits per heavy atom. The van der Waals surface area contributed by atoms with Gasteiger partial charge in [-0.25, -0.2) is 0 Å². The minimum atomic E-state index is -1.15. The van der Waals surface area contributed by atoms with E-state index in [0.29, 0.717) is 16.0 Å². The molecular weight excluding hydrogens is 342 g/mol. The highest BCUT2D eigenvalue weighted by molar-refractivity contribution is 7.99. The number of benzene rings is 1. The first-order valence-electron chi connectivity index (χ1n) is 6.23. The van der Waals surface area contributed by atoms with Gasteiger partial charge in [0.1, 0.15) is 0 Å². The van der Waals surface area contributed by atoms with Gasteiger partial charge in [-0.05, 0) is 35.7 Å². The summed E-state index contributed by atoms with van der Waals surface area (Å²) < 4.78 is 1.82. The normalized spacial score (nSPS) is 10.8. The first-order chi connectivity index (χ1) is 10.6. The van der Waals surface area contributed by atoms with Crippen LogP contribution in [0, 0.1) is 0 Å². The number of carbonyl (C=O) groups is 1. The standard InChI is InChI=1S/C14H10ClN3O2S2/c15-9-3-5-10(6-4-9)18-13(11-2-1-7-21-11)16-17-14(18)22-8-12(19)20/h1-7H,8H2,(H,19,20)/p-1. The van der Waals surface area contributed by atoms with Gasteiger partial charge in [0.2, 0.25) is 0 Å². The Kier molecular flexibility index (Phi) is 4.47. The van der Waals surface area contributed by atoms with Crippen LogP contribution in [0.15, 0.2) is 46.9 Å². The summed E-state index contributed by atoms with van der Waals surface area (Å²) in [6.07, 6.45) is 0. The monoisotopic (exact) mass is 350 g/mol. The maximum atomic E-state index is 10.7. The number of aromatic nitrogens is 3. The third-order valence-corrected chi connectivity index (χ3v) is 4.80. The van der Waals surface area contributed by atoms with Gasteiger partial charge in [-0.15, -0.1) is 21.5 Å². The summed E-state index contributed by atoms with van der Waals surface area (Å²) in [5.74, 6) is -0.664. The van der Waals surface area contributed by atoms with Crippen LogP contribution in [0.4, 0.5) is 0 Å². The molecule has 0 spiro atoms. The number of hydrogen-bond donors (Lipinski definition) is 0. The maximum absolute atomic E-state index is 10.7. The third kappa shape index (κ3) is 3.16. The van der Waals surface area contributed by atoms with Crippen molar-refractivity contribution >= 4 is 40.7 Å². The van der Waals surface area contributed by atoms with E-state index in [-0.39, 0.29) is 5.75 Å². The Labute approximate surface area is 139 Å². The first-order valence-corrected chi connectivity index (χ1v) is 8.47. The molecule has 0 aliphatic rings. The lowest BCUT2D eigenvalue weighted by atomic mass is 10.3. The van der Waals surface area contributed by atoms with Crippen molar-refractivity contribution in [1.29, 1.82) is 0 Å². The van der Waals surface area contributed by atoms with Crippen molar-refractivity contribution < 1.29 is 9.90 Å². The van der Waals surface area contributed by atoms with Gasteiger partial charge < -0.3 is 9.90 Å². The second-order valence-electron chi connectivity index (χ2n) is 4.26. The quantitative estimate of drug-likeness (QED) is 0.661. The Morgan fingerprint density at radius 2 is 2.05 bits per heavy atom. The summed E-state index contributed by atoms with van der Waals surface area (Å²) in [5.41, 5.74) is 0.818.